The molecule has 4 nitrogen and oxygen atoms in total. The number of benzene rings is 1. The molecule has 0 aliphatic heterocycles. The Balaban J connectivity index is 1.89. The molecule has 0 heterocycles. The Bertz CT molecular complexity index is 1100. The normalized spacial score (nSPS) is 32.2. The van der Waals surface area contributed by atoms with Crippen LogP contribution in [0.3, 0.4) is 0 Å². The van der Waals surface area contributed by atoms with Crippen LogP contribution in [0.4, 0.5) is 0 Å². The van der Waals surface area contributed by atoms with Gasteiger partial charge in [-0.3, -0.25) is 13.8 Å². The predicted molar refractivity (Wildman–Crippen MR) is 159 cm³/mol. The minimum Gasteiger partial charge on any atom is -0.462 e. The number of Topliss-reactive ketones (excluding diaryl/α,β-unsaturated/α-hetero) is 1. The fraction of sp³-hybridized carbons (Fsp3) is 0.656. The summed E-state index contributed by atoms with van der Waals surface area (Å²) in [5.41, 5.74) is 3.12. The molecule has 0 amide bonds. The van der Waals surface area contributed by atoms with Crippen LogP contribution in [-0.4, -0.2) is 35.9 Å². The molecule has 0 bridgehead atoms. The van der Waals surface area contributed by atoms with Gasteiger partial charge >= 0.3 is 5.97 Å². The van der Waals surface area contributed by atoms with Crippen molar-refractivity contribution in [2.75, 3.05) is 5.75 Å². The highest BCUT2D eigenvalue weighted by Crippen LogP contribution is 2.68. The highest BCUT2D eigenvalue weighted by Gasteiger charge is 2.69. The molecule has 2 aliphatic carbocycles. The Morgan fingerprint density at radius 2 is 1.82 bits per heavy atom. The quantitative estimate of drug-likeness (QED) is 0.188. The van der Waals surface area contributed by atoms with E-state index >= 15 is 0 Å². The van der Waals surface area contributed by atoms with Crippen LogP contribution in [0, 0.1) is 29.1 Å². The number of hydrogen-bond acceptors (Lipinski definition) is 4. The lowest BCUT2D eigenvalue weighted by Crippen LogP contribution is -2.56. The van der Waals surface area contributed by atoms with E-state index in [1.807, 2.05) is 36.4 Å². The number of ether oxygens (including phenoxy) is 1. The molecule has 2 saturated carbocycles. The fourth-order valence-corrected chi connectivity index (χ4v) is 12.4. The van der Waals surface area contributed by atoms with E-state index in [1.54, 1.807) is 0 Å². The summed E-state index contributed by atoms with van der Waals surface area (Å²) >= 11 is 0. The number of carbonyl (C=O) groups excluding carboxylic acids is 2. The number of ketones is 1. The standard InChI is InChI=1S/C32H48O4SSi/c1-22-21-27(36-24(3)33)28-23(2)29(34)30(38(8,9)31(4,5)6)32(28,7)26(22)19-15-10-11-16-20-37(35)25-17-13-12-14-18-25/h11-15,17-18,22-23,26-28,30H,16,19-21H2,1-9H3. The maximum atomic E-state index is 14.1. The van der Waals surface area contributed by atoms with Gasteiger partial charge in [0.1, 0.15) is 11.9 Å². The summed E-state index contributed by atoms with van der Waals surface area (Å²) in [5.74, 6) is 1.23. The lowest BCUT2D eigenvalue weighted by Gasteiger charge is -2.57. The highest BCUT2D eigenvalue weighted by atomic mass is 32.2. The molecule has 3 rings (SSSR count). The van der Waals surface area contributed by atoms with Crippen molar-refractivity contribution in [3.8, 4) is 0 Å². The topological polar surface area (TPSA) is 60.4 Å². The van der Waals surface area contributed by atoms with E-state index in [2.05, 4.69) is 66.4 Å². The molecule has 1 aromatic rings. The number of esters is 1. The molecule has 0 spiro atoms. The molecule has 1 aromatic carbocycles. The summed E-state index contributed by atoms with van der Waals surface area (Å²) in [6.07, 6.45) is 6.23. The SMILES string of the molecule is CC(=O)OC1CC(C)C(CC=C=CCCS(=O)c2ccccc2)C2(C)C1C(C)C(=O)C2[Si](C)(C)C(C)(C)C. The second-order valence-corrected chi connectivity index (χ2v) is 20.5. The Kier molecular flexibility index (Phi) is 9.54. The lowest BCUT2D eigenvalue weighted by atomic mass is 9.55. The molecule has 8 atom stereocenters. The van der Waals surface area contributed by atoms with E-state index < -0.39 is 18.9 Å². The number of rotatable bonds is 8. The summed E-state index contributed by atoms with van der Waals surface area (Å²) in [6.45, 7) is 19.8. The van der Waals surface area contributed by atoms with E-state index in [4.69, 9.17) is 4.74 Å². The van der Waals surface area contributed by atoms with Gasteiger partial charge in [0.25, 0.3) is 0 Å². The van der Waals surface area contributed by atoms with Gasteiger partial charge in [-0.15, -0.1) is 5.73 Å². The molecule has 38 heavy (non-hydrogen) atoms. The molecule has 8 unspecified atom stereocenters. The molecule has 0 saturated heterocycles. The maximum absolute atomic E-state index is 14.1. The number of fused-ring (bicyclic) bond motifs is 1. The largest absolute Gasteiger partial charge is 0.462 e. The monoisotopic (exact) mass is 556 g/mol. The van der Waals surface area contributed by atoms with Gasteiger partial charge in [0, 0.05) is 34.9 Å². The van der Waals surface area contributed by atoms with Crippen molar-refractivity contribution >= 4 is 30.6 Å². The minimum absolute atomic E-state index is 0.00600. The third-order valence-corrected chi connectivity index (χ3v) is 17.8. The van der Waals surface area contributed by atoms with Crippen molar-refractivity contribution in [1.82, 2.24) is 0 Å². The molecule has 6 heteroatoms. The van der Waals surface area contributed by atoms with Crippen molar-refractivity contribution in [2.24, 2.45) is 29.1 Å². The third kappa shape index (κ3) is 5.88. The second-order valence-electron chi connectivity index (χ2n) is 13.4. The van der Waals surface area contributed by atoms with Gasteiger partial charge in [-0.05, 0) is 65.8 Å². The van der Waals surface area contributed by atoms with Crippen LogP contribution in [0.5, 0.6) is 0 Å². The summed E-state index contributed by atoms with van der Waals surface area (Å²) in [4.78, 5) is 27.0. The zero-order valence-electron chi connectivity index (χ0n) is 24.9. The Morgan fingerprint density at radius 3 is 2.39 bits per heavy atom. The van der Waals surface area contributed by atoms with E-state index in [0.29, 0.717) is 29.8 Å². The van der Waals surface area contributed by atoms with E-state index in [0.717, 1.165) is 17.7 Å². The molecule has 0 aromatic heterocycles. The van der Waals surface area contributed by atoms with Crippen molar-refractivity contribution in [3.05, 3.63) is 48.2 Å². The molecular formula is C32H48O4SSi. The van der Waals surface area contributed by atoms with Crippen LogP contribution >= 0.6 is 0 Å². The summed E-state index contributed by atoms with van der Waals surface area (Å²) in [6, 6.07) is 9.58. The van der Waals surface area contributed by atoms with E-state index in [-0.39, 0.29) is 39.9 Å². The minimum atomic E-state index is -2.07. The smallest absolute Gasteiger partial charge is 0.302 e. The Labute approximate surface area is 234 Å². The zero-order chi connectivity index (χ0) is 28.5. The van der Waals surface area contributed by atoms with E-state index in [9.17, 15) is 13.8 Å². The van der Waals surface area contributed by atoms with Crippen molar-refractivity contribution in [1.29, 1.82) is 0 Å². The molecule has 0 radical (unpaired) electrons. The van der Waals surface area contributed by atoms with Crippen LogP contribution in [0.25, 0.3) is 0 Å². The highest BCUT2D eigenvalue weighted by molar-refractivity contribution is 7.85. The van der Waals surface area contributed by atoms with Gasteiger partial charge in [-0.2, -0.15) is 0 Å². The lowest BCUT2D eigenvalue weighted by molar-refractivity contribution is -0.162. The first kappa shape index (κ1) is 30.8. The van der Waals surface area contributed by atoms with Gasteiger partial charge in [0.15, 0.2) is 0 Å². The van der Waals surface area contributed by atoms with E-state index in [1.165, 1.54) is 6.92 Å². The molecule has 210 valence electrons. The first-order valence-electron chi connectivity index (χ1n) is 14.2. The van der Waals surface area contributed by atoms with Crippen LogP contribution in [0.2, 0.25) is 23.7 Å². The first-order chi connectivity index (χ1) is 17.6. The predicted octanol–water partition coefficient (Wildman–Crippen LogP) is 7.59. The van der Waals surface area contributed by atoms with Crippen molar-refractivity contribution in [3.63, 3.8) is 0 Å². The average molecular weight is 557 g/mol. The molecule has 0 N–H and O–H groups in total. The van der Waals surface area contributed by atoms with Crippen molar-refractivity contribution < 1.29 is 18.5 Å². The van der Waals surface area contributed by atoms with Gasteiger partial charge in [0.2, 0.25) is 0 Å². The van der Waals surface area contributed by atoms with Gasteiger partial charge < -0.3 is 4.74 Å². The Hall–Kier alpha value is -1.75. The van der Waals surface area contributed by atoms with Crippen LogP contribution in [-0.2, 0) is 25.1 Å². The van der Waals surface area contributed by atoms with Crippen LogP contribution in [0.15, 0.2) is 53.1 Å². The molecular weight excluding hydrogens is 509 g/mol. The van der Waals surface area contributed by atoms with Crippen LogP contribution in [0.1, 0.15) is 67.7 Å². The number of allylic oxidation sites excluding steroid dienone is 1. The van der Waals surface area contributed by atoms with Crippen molar-refractivity contribution in [2.45, 2.75) is 102 Å². The Morgan fingerprint density at radius 1 is 1.18 bits per heavy atom. The summed E-state index contributed by atoms with van der Waals surface area (Å²) in [5, 5.41) is 0.0667. The average Bonchev–Trinajstić information content (AvgIpc) is 3.03. The third-order valence-electron chi connectivity index (χ3n) is 10.1. The summed E-state index contributed by atoms with van der Waals surface area (Å²) < 4.78 is 18.4. The number of hydrogen-bond donors (Lipinski definition) is 0. The van der Waals surface area contributed by atoms with Crippen LogP contribution < -0.4 is 0 Å². The molecule has 2 aliphatic rings. The first-order valence-corrected chi connectivity index (χ1v) is 18.6. The number of carbonyl (C=O) groups is 2. The van der Waals surface area contributed by atoms with Gasteiger partial charge in [-0.25, -0.2) is 0 Å². The second kappa shape index (κ2) is 11.8. The fourth-order valence-electron chi connectivity index (χ4n) is 7.56. The van der Waals surface area contributed by atoms with Gasteiger partial charge in [-0.1, -0.05) is 72.8 Å². The molecule has 2 fully saturated rings. The van der Waals surface area contributed by atoms with Gasteiger partial charge in [0.05, 0.1) is 18.9 Å². The zero-order valence-corrected chi connectivity index (χ0v) is 26.7. The maximum Gasteiger partial charge on any atom is 0.302 e. The summed E-state index contributed by atoms with van der Waals surface area (Å²) in [7, 11) is -3.08.